The van der Waals surface area contributed by atoms with Crippen LogP contribution >= 0.6 is 0 Å². The molecule has 12 heteroatoms. The number of aromatic amines is 1. The molecule has 2 heterocycles. The summed E-state index contributed by atoms with van der Waals surface area (Å²) in [7, 11) is 1.60. The number of rotatable bonds is 14. The lowest BCUT2D eigenvalue weighted by Gasteiger charge is -2.37. The largest absolute Gasteiger partial charge is 0.497 e. The Hall–Kier alpha value is -5.62. The van der Waals surface area contributed by atoms with Crippen LogP contribution in [0.3, 0.4) is 0 Å². The molecule has 0 atom stereocenters. The number of carboxylic acids is 1. The fourth-order valence-corrected chi connectivity index (χ4v) is 5.58. The molecule has 5 rings (SSSR count). The molecule has 5 aromatic rings. The summed E-state index contributed by atoms with van der Waals surface area (Å²) in [5.74, 6) is -2.00. The van der Waals surface area contributed by atoms with Gasteiger partial charge in [0.15, 0.2) is 11.2 Å². The van der Waals surface area contributed by atoms with Gasteiger partial charge >= 0.3 is 5.97 Å². The Morgan fingerprint density at radius 2 is 1.58 bits per heavy atom. The zero-order valence-corrected chi connectivity index (χ0v) is 26.9. The fraction of sp³-hybridized carbons (Fsp3) is 0.250. The highest BCUT2D eigenvalue weighted by molar-refractivity contribution is 5.91. The molecule has 0 aliphatic carbocycles. The minimum atomic E-state index is -1.18. The topological polar surface area (TPSA) is 151 Å². The van der Waals surface area contributed by atoms with Gasteiger partial charge in [0.05, 0.1) is 31.9 Å². The summed E-state index contributed by atoms with van der Waals surface area (Å²) in [5, 5.41) is 15.9. The number of nitrogens with zero attached hydrogens (tertiary/aromatic N) is 3. The first-order chi connectivity index (χ1) is 23.1. The van der Waals surface area contributed by atoms with Gasteiger partial charge in [0.2, 0.25) is 11.9 Å². The van der Waals surface area contributed by atoms with Crippen LogP contribution in [0.15, 0.2) is 107 Å². The summed E-state index contributed by atoms with van der Waals surface area (Å²) >= 11 is 0. The zero-order valence-electron chi connectivity index (χ0n) is 26.9. The molecule has 1 amide bonds. The standard InChI is InChI=1S/C36H37FN6O5/c1-23(2)33(46)41-35-40-32-31(34(47)42-35)38-22-43(32)21-29(37)24(20-30(44)45)18-19-39-36(25-10-6-4-7-11-25,26-12-8-5-9-13-26)27-14-16-28(48-3)17-15-27/h4-17,22-23,39H,18-21H2,1-3H3,(H,44,45)(H2,40,41,42,46,47)/b29-24-. The molecule has 0 fully saturated rings. The van der Waals surface area contributed by atoms with Crippen LogP contribution in [0.5, 0.6) is 5.75 Å². The number of ether oxygens (including phenoxy) is 1. The Labute approximate surface area is 276 Å². The van der Waals surface area contributed by atoms with Crippen molar-refractivity contribution in [1.29, 1.82) is 0 Å². The van der Waals surface area contributed by atoms with Crippen molar-refractivity contribution >= 4 is 29.0 Å². The Bertz CT molecular complexity index is 1930. The van der Waals surface area contributed by atoms with Crippen LogP contribution < -0.4 is 20.9 Å². The van der Waals surface area contributed by atoms with Crippen LogP contribution in [0, 0.1) is 5.92 Å². The van der Waals surface area contributed by atoms with Crippen molar-refractivity contribution in [1.82, 2.24) is 24.8 Å². The predicted molar refractivity (Wildman–Crippen MR) is 180 cm³/mol. The van der Waals surface area contributed by atoms with Crippen molar-refractivity contribution in [2.75, 3.05) is 19.0 Å². The molecule has 2 aromatic heterocycles. The molecule has 48 heavy (non-hydrogen) atoms. The lowest BCUT2D eigenvalue weighted by atomic mass is 9.77. The monoisotopic (exact) mass is 652 g/mol. The molecule has 0 saturated heterocycles. The SMILES string of the molecule is COc1ccc(C(NCC/C(CC(=O)O)=C(/F)Cn2cnc3c(=O)[nH]c(NC(=O)C(C)C)nc32)(c2ccccc2)c2ccccc2)cc1. The van der Waals surface area contributed by atoms with E-state index in [4.69, 9.17) is 4.74 Å². The second kappa shape index (κ2) is 14.9. The number of benzene rings is 3. The van der Waals surface area contributed by atoms with Gasteiger partial charge in [0.1, 0.15) is 11.6 Å². The van der Waals surface area contributed by atoms with Gasteiger partial charge in [0, 0.05) is 12.5 Å². The van der Waals surface area contributed by atoms with Gasteiger partial charge in [-0.25, -0.2) is 9.37 Å². The van der Waals surface area contributed by atoms with E-state index >= 15 is 4.39 Å². The number of carbonyl (C=O) groups excluding carboxylic acids is 1. The molecule has 0 unspecified atom stereocenters. The average Bonchev–Trinajstić information content (AvgIpc) is 3.49. The number of methoxy groups -OCH3 is 1. The first-order valence-corrected chi connectivity index (χ1v) is 15.5. The maximum Gasteiger partial charge on any atom is 0.307 e. The molecule has 0 radical (unpaired) electrons. The van der Waals surface area contributed by atoms with E-state index in [2.05, 4.69) is 25.6 Å². The third kappa shape index (κ3) is 7.34. The summed E-state index contributed by atoms with van der Waals surface area (Å²) in [6.45, 7) is 3.18. The normalized spacial score (nSPS) is 12.2. The molecule has 248 valence electrons. The van der Waals surface area contributed by atoms with Gasteiger partial charge in [-0.05, 0) is 40.8 Å². The van der Waals surface area contributed by atoms with Gasteiger partial charge in [-0.2, -0.15) is 4.98 Å². The first-order valence-electron chi connectivity index (χ1n) is 15.5. The van der Waals surface area contributed by atoms with Gasteiger partial charge in [0.25, 0.3) is 5.56 Å². The Morgan fingerprint density at radius 1 is 0.979 bits per heavy atom. The van der Waals surface area contributed by atoms with Crippen molar-refractivity contribution < 1.29 is 23.8 Å². The second-order valence-electron chi connectivity index (χ2n) is 11.6. The summed E-state index contributed by atoms with van der Waals surface area (Å²) in [6.07, 6.45) is 0.790. The highest BCUT2D eigenvalue weighted by Crippen LogP contribution is 2.37. The number of nitrogens with one attached hydrogen (secondary N) is 3. The van der Waals surface area contributed by atoms with E-state index in [9.17, 15) is 19.5 Å². The molecule has 0 spiro atoms. The van der Waals surface area contributed by atoms with E-state index < -0.39 is 35.9 Å². The van der Waals surface area contributed by atoms with Crippen LogP contribution in [-0.2, 0) is 21.7 Å². The van der Waals surface area contributed by atoms with E-state index in [1.807, 2.05) is 84.9 Å². The van der Waals surface area contributed by atoms with Gasteiger partial charge in [-0.3, -0.25) is 30.0 Å². The summed E-state index contributed by atoms with van der Waals surface area (Å²) in [4.78, 5) is 47.6. The van der Waals surface area contributed by atoms with E-state index in [0.29, 0.717) is 5.75 Å². The number of fused-ring (bicyclic) bond motifs is 1. The number of carboxylic acid groups (broad SMARTS) is 1. The first kappa shape index (κ1) is 33.7. The average molecular weight is 653 g/mol. The smallest absolute Gasteiger partial charge is 0.307 e. The maximum atomic E-state index is 16.1. The Kier molecular flexibility index (Phi) is 10.4. The Morgan fingerprint density at radius 3 is 2.15 bits per heavy atom. The molecule has 0 bridgehead atoms. The lowest BCUT2D eigenvalue weighted by molar-refractivity contribution is -0.136. The maximum absolute atomic E-state index is 16.1. The molecule has 3 aromatic carbocycles. The summed E-state index contributed by atoms with van der Waals surface area (Å²) < 4.78 is 22.8. The Balaban J connectivity index is 1.49. The molecule has 0 aliphatic heterocycles. The van der Waals surface area contributed by atoms with Crippen molar-refractivity contribution in [2.24, 2.45) is 5.92 Å². The van der Waals surface area contributed by atoms with Crippen molar-refractivity contribution in [2.45, 2.75) is 38.8 Å². The number of amides is 1. The zero-order chi connectivity index (χ0) is 34.3. The number of halogens is 1. The van der Waals surface area contributed by atoms with Crippen LogP contribution in [-0.4, -0.2) is 50.2 Å². The number of hydrogen-bond donors (Lipinski definition) is 4. The van der Waals surface area contributed by atoms with Gasteiger partial charge in [-0.1, -0.05) is 86.6 Å². The van der Waals surface area contributed by atoms with Gasteiger partial charge < -0.3 is 14.4 Å². The minimum Gasteiger partial charge on any atom is -0.497 e. The van der Waals surface area contributed by atoms with Crippen LogP contribution in [0.1, 0.15) is 43.4 Å². The number of H-pyrrole nitrogens is 1. The quantitative estimate of drug-likeness (QED) is 0.117. The van der Waals surface area contributed by atoms with E-state index in [1.54, 1.807) is 21.0 Å². The highest BCUT2D eigenvalue weighted by Gasteiger charge is 2.36. The molecule has 0 aliphatic rings. The number of aliphatic carboxylic acids is 1. The number of aromatic nitrogens is 4. The number of carbonyl (C=O) groups is 2. The number of allylic oxidation sites excluding steroid dienone is 1. The minimum absolute atomic E-state index is 0.0400. The fourth-order valence-electron chi connectivity index (χ4n) is 5.58. The molecule has 0 saturated carbocycles. The van der Waals surface area contributed by atoms with E-state index in [-0.39, 0.29) is 47.5 Å². The summed E-state index contributed by atoms with van der Waals surface area (Å²) in [5.41, 5.74) is 1.38. The number of imidazole rings is 1. The third-order valence-corrected chi connectivity index (χ3v) is 8.05. The molecule has 4 N–H and O–H groups in total. The predicted octanol–water partition coefficient (Wildman–Crippen LogP) is 5.39. The van der Waals surface area contributed by atoms with Crippen molar-refractivity contribution in [3.8, 4) is 5.75 Å². The highest BCUT2D eigenvalue weighted by atomic mass is 19.1. The molecule has 11 nitrogen and oxygen atoms in total. The van der Waals surface area contributed by atoms with E-state index in [0.717, 1.165) is 16.7 Å². The molecular weight excluding hydrogens is 615 g/mol. The van der Waals surface area contributed by atoms with Crippen molar-refractivity contribution in [3.63, 3.8) is 0 Å². The van der Waals surface area contributed by atoms with Crippen LogP contribution in [0.2, 0.25) is 0 Å². The van der Waals surface area contributed by atoms with Crippen LogP contribution in [0.25, 0.3) is 11.2 Å². The number of anilines is 1. The molecular formula is C36H37FN6O5. The lowest BCUT2D eigenvalue weighted by Crippen LogP contribution is -2.45. The van der Waals surface area contributed by atoms with E-state index in [1.165, 1.54) is 10.9 Å². The number of hydrogen-bond acceptors (Lipinski definition) is 7. The van der Waals surface area contributed by atoms with Gasteiger partial charge in [-0.15, -0.1) is 0 Å². The third-order valence-electron chi connectivity index (χ3n) is 8.05. The van der Waals surface area contributed by atoms with Crippen molar-refractivity contribution in [3.05, 3.63) is 130 Å². The second-order valence-corrected chi connectivity index (χ2v) is 11.6. The van der Waals surface area contributed by atoms with Crippen LogP contribution in [0.4, 0.5) is 10.3 Å². The summed E-state index contributed by atoms with van der Waals surface area (Å²) in [6, 6.07) is 27.4.